The summed E-state index contributed by atoms with van der Waals surface area (Å²) < 4.78 is 0. The smallest absolute Gasteiger partial charge is 0.147 e. The van der Waals surface area contributed by atoms with Gasteiger partial charge in [0.1, 0.15) is 5.82 Å². The maximum Gasteiger partial charge on any atom is 0.147 e. The molecule has 0 bridgehead atoms. The van der Waals surface area contributed by atoms with Gasteiger partial charge in [0.05, 0.1) is 5.02 Å². The van der Waals surface area contributed by atoms with Gasteiger partial charge in [-0.1, -0.05) is 11.6 Å². The number of pyridine rings is 1. The first-order chi connectivity index (χ1) is 7.16. The fraction of sp³-hybridized carbons (Fsp3) is 0.545. The Morgan fingerprint density at radius 2 is 2.07 bits per heavy atom. The number of hydrogen-bond donors (Lipinski definition) is 1. The summed E-state index contributed by atoms with van der Waals surface area (Å²) in [7, 11) is 0. The third-order valence-electron chi connectivity index (χ3n) is 2.60. The van der Waals surface area contributed by atoms with Crippen LogP contribution in [0, 0.1) is 0 Å². The van der Waals surface area contributed by atoms with Crippen LogP contribution in [-0.2, 0) is 0 Å². The molecule has 1 saturated heterocycles. The summed E-state index contributed by atoms with van der Waals surface area (Å²) in [6.45, 7) is 6.28. The van der Waals surface area contributed by atoms with Crippen LogP contribution in [0.1, 0.15) is 13.8 Å². The third-order valence-corrected chi connectivity index (χ3v) is 2.89. The second-order valence-electron chi connectivity index (χ2n) is 4.18. The summed E-state index contributed by atoms with van der Waals surface area (Å²) in [5.41, 5.74) is 0. The van der Waals surface area contributed by atoms with E-state index in [-0.39, 0.29) is 0 Å². The molecular weight excluding hydrogens is 210 g/mol. The zero-order chi connectivity index (χ0) is 10.8. The van der Waals surface area contributed by atoms with Gasteiger partial charge in [0.25, 0.3) is 0 Å². The molecular formula is C11H16ClN3. The quantitative estimate of drug-likeness (QED) is 0.792. The number of aromatic nitrogens is 1. The van der Waals surface area contributed by atoms with Crippen LogP contribution in [0.5, 0.6) is 0 Å². The second-order valence-corrected chi connectivity index (χ2v) is 4.59. The molecule has 1 fully saturated rings. The molecule has 0 saturated carbocycles. The largest absolute Gasteiger partial charge is 0.352 e. The minimum atomic E-state index is 0.479. The van der Waals surface area contributed by atoms with Gasteiger partial charge in [-0.15, -0.1) is 0 Å². The van der Waals surface area contributed by atoms with E-state index in [4.69, 9.17) is 11.6 Å². The van der Waals surface area contributed by atoms with Crippen LogP contribution in [0.4, 0.5) is 5.82 Å². The lowest BCUT2D eigenvalue weighted by molar-refractivity contribution is 0.405. The number of halogens is 1. The third kappa shape index (κ3) is 2.41. The van der Waals surface area contributed by atoms with Gasteiger partial charge in [-0.2, -0.15) is 0 Å². The van der Waals surface area contributed by atoms with Gasteiger partial charge in [0, 0.05) is 31.4 Å². The molecule has 1 aromatic rings. The van der Waals surface area contributed by atoms with Gasteiger partial charge in [-0.05, 0) is 26.0 Å². The average molecular weight is 226 g/mol. The molecule has 2 unspecified atom stereocenters. The topological polar surface area (TPSA) is 28.2 Å². The highest BCUT2D eigenvalue weighted by Gasteiger charge is 2.22. The zero-order valence-corrected chi connectivity index (χ0v) is 9.83. The van der Waals surface area contributed by atoms with E-state index in [1.165, 1.54) is 0 Å². The van der Waals surface area contributed by atoms with E-state index in [1.807, 2.05) is 12.1 Å². The van der Waals surface area contributed by atoms with Crippen molar-refractivity contribution in [3.05, 3.63) is 23.4 Å². The van der Waals surface area contributed by atoms with E-state index in [0.29, 0.717) is 12.1 Å². The molecule has 15 heavy (non-hydrogen) atoms. The van der Waals surface area contributed by atoms with Gasteiger partial charge in [0.15, 0.2) is 0 Å². The first kappa shape index (κ1) is 10.7. The number of nitrogens with zero attached hydrogens (tertiary/aromatic N) is 2. The first-order valence-electron chi connectivity index (χ1n) is 5.28. The Morgan fingerprint density at radius 1 is 1.40 bits per heavy atom. The molecule has 2 atom stereocenters. The Labute approximate surface area is 95.4 Å². The zero-order valence-electron chi connectivity index (χ0n) is 9.07. The molecule has 0 amide bonds. The van der Waals surface area contributed by atoms with Crippen molar-refractivity contribution in [3.63, 3.8) is 0 Å². The maximum absolute atomic E-state index is 6.13. The number of rotatable bonds is 1. The SMILES string of the molecule is CC1CN(c2ncccc2Cl)CC(C)N1. The molecule has 2 heterocycles. The summed E-state index contributed by atoms with van der Waals surface area (Å²) in [5, 5.41) is 4.22. The average Bonchev–Trinajstić information content (AvgIpc) is 2.16. The number of hydrogen-bond acceptors (Lipinski definition) is 3. The van der Waals surface area contributed by atoms with E-state index >= 15 is 0 Å². The predicted molar refractivity (Wildman–Crippen MR) is 63.5 cm³/mol. The summed E-state index contributed by atoms with van der Waals surface area (Å²) >= 11 is 6.13. The summed E-state index contributed by atoms with van der Waals surface area (Å²) in [4.78, 5) is 6.58. The Hall–Kier alpha value is -0.800. The molecule has 0 aliphatic carbocycles. The van der Waals surface area contributed by atoms with Crippen LogP contribution >= 0.6 is 11.6 Å². The molecule has 3 nitrogen and oxygen atoms in total. The molecule has 1 aromatic heterocycles. The molecule has 2 rings (SSSR count). The van der Waals surface area contributed by atoms with Crippen LogP contribution < -0.4 is 10.2 Å². The predicted octanol–water partition coefficient (Wildman–Crippen LogP) is 1.92. The summed E-state index contributed by atoms with van der Waals surface area (Å²) in [6, 6.07) is 4.71. The highest BCUT2D eigenvalue weighted by Crippen LogP contribution is 2.23. The Balaban J connectivity index is 2.20. The highest BCUT2D eigenvalue weighted by atomic mass is 35.5. The standard InChI is InChI=1S/C11H16ClN3/c1-8-6-15(7-9(2)14-8)11-10(12)4-3-5-13-11/h3-5,8-9,14H,6-7H2,1-2H3. The normalized spacial score (nSPS) is 26.7. The fourth-order valence-corrected chi connectivity index (χ4v) is 2.35. The van der Waals surface area contributed by atoms with Crippen LogP contribution in [0.3, 0.4) is 0 Å². The van der Waals surface area contributed by atoms with Crippen molar-refractivity contribution >= 4 is 17.4 Å². The number of piperazine rings is 1. The molecule has 1 aliphatic rings. The fourth-order valence-electron chi connectivity index (χ4n) is 2.11. The molecule has 4 heteroatoms. The Kier molecular flexibility index (Phi) is 3.12. The lowest BCUT2D eigenvalue weighted by Gasteiger charge is -2.37. The van der Waals surface area contributed by atoms with Gasteiger partial charge >= 0.3 is 0 Å². The van der Waals surface area contributed by atoms with E-state index < -0.39 is 0 Å². The molecule has 0 radical (unpaired) electrons. The second kappa shape index (κ2) is 4.37. The molecule has 0 aromatic carbocycles. The molecule has 1 aliphatic heterocycles. The Bertz CT molecular complexity index is 332. The summed E-state index contributed by atoms with van der Waals surface area (Å²) in [5.74, 6) is 0.902. The van der Waals surface area contributed by atoms with Crippen LogP contribution in [0.15, 0.2) is 18.3 Å². The summed E-state index contributed by atoms with van der Waals surface area (Å²) in [6.07, 6.45) is 1.79. The van der Waals surface area contributed by atoms with E-state index in [2.05, 4.69) is 29.0 Å². The monoisotopic (exact) mass is 225 g/mol. The van der Waals surface area contributed by atoms with Crippen molar-refractivity contribution in [1.82, 2.24) is 10.3 Å². The maximum atomic E-state index is 6.13. The van der Waals surface area contributed by atoms with E-state index in [0.717, 1.165) is 23.9 Å². The van der Waals surface area contributed by atoms with Crippen molar-refractivity contribution in [1.29, 1.82) is 0 Å². The van der Waals surface area contributed by atoms with Gasteiger partial charge in [-0.3, -0.25) is 0 Å². The van der Waals surface area contributed by atoms with Gasteiger partial charge in [-0.25, -0.2) is 4.98 Å². The number of nitrogens with one attached hydrogen (secondary N) is 1. The first-order valence-corrected chi connectivity index (χ1v) is 5.66. The van der Waals surface area contributed by atoms with Crippen molar-refractivity contribution in [2.24, 2.45) is 0 Å². The van der Waals surface area contributed by atoms with Crippen LogP contribution in [-0.4, -0.2) is 30.2 Å². The minimum absolute atomic E-state index is 0.479. The highest BCUT2D eigenvalue weighted by molar-refractivity contribution is 6.32. The molecule has 1 N–H and O–H groups in total. The van der Waals surface area contributed by atoms with Crippen molar-refractivity contribution < 1.29 is 0 Å². The number of anilines is 1. The molecule has 82 valence electrons. The van der Waals surface area contributed by atoms with E-state index in [9.17, 15) is 0 Å². The van der Waals surface area contributed by atoms with Crippen molar-refractivity contribution in [2.75, 3.05) is 18.0 Å². The van der Waals surface area contributed by atoms with Gasteiger partial charge < -0.3 is 10.2 Å². The van der Waals surface area contributed by atoms with Crippen molar-refractivity contribution in [3.8, 4) is 0 Å². The van der Waals surface area contributed by atoms with Crippen molar-refractivity contribution in [2.45, 2.75) is 25.9 Å². The lowest BCUT2D eigenvalue weighted by Crippen LogP contribution is -2.54. The minimum Gasteiger partial charge on any atom is -0.352 e. The van der Waals surface area contributed by atoms with Gasteiger partial charge in [0.2, 0.25) is 0 Å². The van der Waals surface area contributed by atoms with E-state index in [1.54, 1.807) is 6.20 Å². The van der Waals surface area contributed by atoms with Crippen LogP contribution in [0.2, 0.25) is 5.02 Å². The van der Waals surface area contributed by atoms with Crippen LogP contribution in [0.25, 0.3) is 0 Å². The lowest BCUT2D eigenvalue weighted by atomic mass is 10.1. The Morgan fingerprint density at radius 3 is 2.67 bits per heavy atom. The molecule has 0 spiro atoms.